The second-order valence-corrected chi connectivity index (χ2v) is 9.67. The number of amidine groups is 1. The van der Waals surface area contributed by atoms with Crippen molar-refractivity contribution in [2.24, 2.45) is 10.9 Å². The van der Waals surface area contributed by atoms with Crippen molar-refractivity contribution in [2.75, 3.05) is 13.6 Å². The highest BCUT2D eigenvalue weighted by Gasteiger charge is 2.56. The molecule has 3 unspecified atom stereocenters. The molecule has 158 valence electrons. The molecule has 0 amide bonds. The molecular formula is C27H29N3O. The lowest BCUT2D eigenvalue weighted by Crippen LogP contribution is -2.56. The molecule has 3 atom stereocenters. The van der Waals surface area contributed by atoms with Crippen LogP contribution in [-0.2, 0) is 11.8 Å². The third-order valence-electron chi connectivity index (χ3n) is 8.26. The van der Waals surface area contributed by atoms with Gasteiger partial charge in [-0.25, -0.2) is 4.99 Å². The van der Waals surface area contributed by atoms with Crippen LogP contribution in [-0.4, -0.2) is 40.4 Å². The van der Waals surface area contributed by atoms with E-state index < -0.39 is 0 Å². The van der Waals surface area contributed by atoms with Gasteiger partial charge in [-0.1, -0.05) is 56.0 Å². The SMILES string of the molecule is C=C1N=C(C23CCCC2Cc2c3ccc3ccccc23)N2CC(C)N(C)C(=C)C2=C1O. The highest BCUT2D eigenvalue weighted by molar-refractivity contribution is 6.01. The molecule has 6 rings (SSSR count). The summed E-state index contributed by atoms with van der Waals surface area (Å²) in [6.07, 6.45) is 4.61. The predicted octanol–water partition coefficient (Wildman–Crippen LogP) is 5.28. The van der Waals surface area contributed by atoms with Crippen molar-refractivity contribution >= 4 is 16.6 Å². The molecule has 0 radical (unpaired) electrons. The van der Waals surface area contributed by atoms with Crippen LogP contribution in [0.4, 0.5) is 0 Å². The number of rotatable bonds is 1. The van der Waals surface area contributed by atoms with Gasteiger partial charge in [0, 0.05) is 19.6 Å². The summed E-state index contributed by atoms with van der Waals surface area (Å²) < 4.78 is 0. The molecule has 1 saturated heterocycles. The largest absolute Gasteiger partial charge is 0.504 e. The van der Waals surface area contributed by atoms with Crippen molar-refractivity contribution in [3.05, 3.63) is 83.5 Å². The number of nitrogens with zero attached hydrogens (tertiary/aromatic N) is 3. The molecule has 0 spiro atoms. The number of fused-ring (bicyclic) bond motifs is 6. The van der Waals surface area contributed by atoms with Gasteiger partial charge >= 0.3 is 0 Å². The Hall–Kier alpha value is -3.01. The van der Waals surface area contributed by atoms with Crippen LogP contribution in [0.3, 0.4) is 0 Å². The van der Waals surface area contributed by atoms with Crippen molar-refractivity contribution in [3.63, 3.8) is 0 Å². The number of aliphatic imine (C=N–C) groups is 1. The summed E-state index contributed by atoms with van der Waals surface area (Å²) in [7, 11) is 2.05. The number of piperazine rings is 1. The Morgan fingerprint density at radius 1 is 1.16 bits per heavy atom. The third kappa shape index (κ3) is 2.28. The molecule has 2 fully saturated rings. The number of hydrogen-bond donors (Lipinski definition) is 1. The van der Waals surface area contributed by atoms with E-state index in [1.54, 1.807) is 0 Å². The molecule has 2 aliphatic carbocycles. The molecule has 2 aromatic carbocycles. The first-order chi connectivity index (χ1) is 14.9. The first-order valence-corrected chi connectivity index (χ1v) is 11.4. The summed E-state index contributed by atoms with van der Waals surface area (Å²) in [6.45, 7) is 11.4. The second-order valence-electron chi connectivity index (χ2n) is 9.67. The van der Waals surface area contributed by atoms with Gasteiger partial charge in [-0.15, -0.1) is 0 Å². The van der Waals surface area contributed by atoms with Gasteiger partial charge in [-0.05, 0) is 54.0 Å². The van der Waals surface area contributed by atoms with Crippen LogP contribution in [0.2, 0.25) is 0 Å². The van der Waals surface area contributed by atoms with Gasteiger partial charge in [-0.2, -0.15) is 0 Å². The Balaban J connectivity index is 1.58. The predicted molar refractivity (Wildman–Crippen MR) is 126 cm³/mol. The van der Waals surface area contributed by atoms with Gasteiger partial charge in [0.1, 0.15) is 17.2 Å². The molecule has 0 bridgehead atoms. The number of aliphatic hydroxyl groups excluding tert-OH is 1. The van der Waals surface area contributed by atoms with Crippen LogP contribution < -0.4 is 0 Å². The van der Waals surface area contributed by atoms with Crippen molar-refractivity contribution in [2.45, 2.75) is 44.1 Å². The zero-order valence-corrected chi connectivity index (χ0v) is 18.4. The Kier molecular flexibility index (Phi) is 3.78. The van der Waals surface area contributed by atoms with Gasteiger partial charge in [0.25, 0.3) is 0 Å². The van der Waals surface area contributed by atoms with Crippen molar-refractivity contribution in [1.29, 1.82) is 0 Å². The van der Waals surface area contributed by atoms with Gasteiger partial charge in [0.15, 0.2) is 5.76 Å². The van der Waals surface area contributed by atoms with Gasteiger partial charge in [0.05, 0.1) is 11.1 Å². The van der Waals surface area contributed by atoms with E-state index in [9.17, 15) is 5.11 Å². The molecule has 2 heterocycles. The number of hydrogen-bond acceptors (Lipinski definition) is 4. The average Bonchev–Trinajstić information content (AvgIpc) is 3.31. The summed E-state index contributed by atoms with van der Waals surface area (Å²) in [5, 5.41) is 13.6. The molecule has 2 aliphatic heterocycles. The highest BCUT2D eigenvalue weighted by Crippen LogP contribution is 2.57. The van der Waals surface area contributed by atoms with Crippen molar-refractivity contribution < 1.29 is 5.11 Å². The molecule has 0 aromatic heterocycles. The van der Waals surface area contributed by atoms with E-state index in [-0.39, 0.29) is 17.2 Å². The van der Waals surface area contributed by atoms with Crippen molar-refractivity contribution in [3.8, 4) is 0 Å². The summed E-state index contributed by atoms with van der Waals surface area (Å²) in [4.78, 5) is 9.43. The molecule has 4 heteroatoms. The standard InChI is InChI=1S/C27H29N3O/c1-16-15-30-24(18(3)29(16)4)25(31)17(2)28-26(30)27-13-7-9-20(27)14-22-21-10-6-5-8-19(21)11-12-23(22)27/h5-6,8,10-12,16,20,31H,2-3,7,9,13-15H2,1,4H3. The van der Waals surface area contributed by atoms with Crippen LogP contribution in [0.15, 0.2) is 77.4 Å². The maximum absolute atomic E-state index is 10.9. The summed E-state index contributed by atoms with van der Waals surface area (Å²) in [6, 6.07) is 13.6. The molecular weight excluding hydrogens is 382 g/mol. The van der Waals surface area contributed by atoms with Gasteiger partial charge in [-0.3, -0.25) is 0 Å². The monoisotopic (exact) mass is 411 g/mol. The Bertz CT molecular complexity index is 1220. The van der Waals surface area contributed by atoms with E-state index in [2.05, 4.69) is 66.3 Å². The number of likely N-dealkylation sites (N-methyl/N-ethyl adjacent to an activating group) is 1. The van der Waals surface area contributed by atoms with E-state index >= 15 is 0 Å². The summed E-state index contributed by atoms with van der Waals surface area (Å²) in [5.41, 5.74) is 4.87. The molecule has 4 nitrogen and oxygen atoms in total. The zero-order valence-electron chi connectivity index (χ0n) is 18.4. The van der Waals surface area contributed by atoms with Crippen LogP contribution in [0.1, 0.15) is 37.3 Å². The molecule has 1 saturated carbocycles. The quantitative estimate of drug-likeness (QED) is 0.694. The Morgan fingerprint density at radius 3 is 2.81 bits per heavy atom. The van der Waals surface area contributed by atoms with E-state index in [4.69, 9.17) is 4.99 Å². The fourth-order valence-electron chi connectivity index (χ4n) is 6.59. The van der Waals surface area contributed by atoms with Crippen LogP contribution in [0.25, 0.3) is 10.8 Å². The summed E-state index contributed by atoms with van der Waals surface area (Å²) >= 11 is 0. The second kappa shape index (κ2) is 6.25. The molecule has 2 aromatic rings. The summed E-state index contributed by atoms with van der Waals surface area (Å²) in [5.74, 6) is 1.77. The lowest BCUT2D eigenvalue weighted by molar-refractivity contribution is 0.212. The zero-order chi connectivity index (χ0) is 21.5. The van der Waals surface area contributed by atoms with Gasteiger partial charge < -0.3 is 14.9 Å². The lowest BCUT2D eigenvalue weighted by atomic mass is 9.74. The van der Waals surface area contributed by atoms with Crippen LogP contribution in [0.5, 0.6) is 0 Å². The fourth-order valence-corrected chi connectivity index (χ4v) is 6.59. The highest BCUT2D eigenvalue weighted by atomic mass is 16.3. The molecule has 4 aliphatic rings. The van der Waals surface area contributed by atoms with E-state index in [1.807, 2.05) is 7.05 Å². The topological polar surface area (TPSA) is 39.1 Å². The molecule has 1 N–H and O–H groups in total. The van der Waals surface area contributed by atoms with Crippen LogP contribution in [0, 0.1) is 5.92 Å². The average molecular weight is 412 g/mol. The minimum atomic E-state index is -0.121. The minimum Gasteiger partial charge on any atom is -0.504 e. The fraction of sp³-hybridized carbons (Fsp3) is 0.370. The van der Waals surface area contributed by atoms with Crippen LogP contribution >= 0.6 is 0 Å². The Morgan fingerprint density at radius 2 is 1.97 bits per heavy atom. The Labute approximate surface area is 183 Å². The number of benzene rings is 2. The third-order valence-corrected chi connectivity index (χ3v) is 8.26. The first kappa shape index (κ1) is 18.7. The lowest BCUT2D eigenvalue weighted by Gasteiger charge is -2.49. The first-order valence-electron chi connectivity index (χ1n) is 11.4. The maximum atomic E-state index is 10.9. The minimum absolute atomic E-state index is 0.121. The maximum Gasteiger partial charge on any atom is 0.166 e. The molecule has 31 heavy (non-hydrogen) atoms. The normalized spacial score (nSPS) is 29.9. The van der Waals surface area contributed by atoms with Crippen molar-refractivity contribution in [1.82, 2.24) is 9.80 Å². The van der Waals surface area contributed by atoms with E-state index in [0.29, 0.717) is 11.6 Å². The smallest absolute Gasteiger partial charge is 0.166 e. The number of aliphatic hydroxyl groups is 1. The van der Waals surface area contributed by atoms with E-state index in [0.717, 1.165) is 36.6 Å². The van der Waals surface area contributed by atoms with Gasteiger partial charge in [0.2, 0.25) is 0 Å². The van der Waals surface area contributed by atoms with E-state index in [1.165, 1.54) is 34.7 Å².